The molecule has 18 heavy (non-hydrogen) atoms. The van der Waals surface area contributed by atoms with Crippen molar-refractivity contribution in [2.75, 3.05) is 12.8 Å². The zero-order valence-corrected chi connectivity index (χ0v) is 11.2. The molecule has 4 N–H and O–H groups in total. The maximum atomic E-state index is 12.1. The number of aryl methyl sites for hydroxylation is 1. The van der Waals surface area contributed by atoms with Crippen LogP contribution in [0.5, 0.6) is 0 Å². The van der Waals surface area contributed by atoms with Gasteiger partial charge in [0.15, 0.2) is 5.69 Å². The van der Waals surface area contributed by atoms with E-state index in [-0.39, 0.29) is 29.2 Å². The Bertz CT molecular complexity index is 467. The molecule has 6 heteroatoms. The van der Waals surface area contributed by atoms with E-state index in [1.807, 2.05) is 0 Å². The minimum absolute atomic E-state index is 0.0650. The average molecular weight is 252 g/mol. The fraction of sp³-hybridized carbons (Fsp3) is 0.667. The van der Waals surface area contributed by atoms with Crippen LogP contribution in [0.15, 0.2) is 0 Å². The van der Waals surface area contributed by atoms with Crippen LogP contribution in [0.4, 0.5) is 5.69 Å². The van der Waals surface area contributed by atoms with E-state index >= 15 is 0 Å². The highest BCUT2D eigenvalue weighted by Crippen LogP contribution is 2.42. The molecule has 0 radical (unpaired) electrons. The number of ether oxygens (including phenoxy) is 1. The SMILES string of the molecule is COC1CC(NC(=O)c2n[nH]c(C)c2N)C1(C)C. The molecule has 2 atom stereocenters. The lowest BCUT2D eigenvalue weighted by atomic mass is 9.64. The van der Waals surface area contributed by atoms with Gasteiger partial charge in [0.05, 0.1) is 17.5 Å². The molecule has 1 aromatic heterocycles. The number of H-pyrrole nitrogens is 1. The van der Waals surface area contributed by atoms with Crippen molar-refractivity contribution >= 4 is 11.6 Å². The normalized spacial score (nSPS) is 25.6. The molecule has 1 fully saturated rings. The number of amides is 1. The molecule has 0 bridgehead atoms. The number of hydrogen-bond acceptors (Lipinski definition) is 4. The Kier molecular flexibility index (Phi) is 3.06. The number of carbonyl (C=O) groups excluding carboxylic acids is 1. The molecular weight excluding hydrogens is 232 g/mol. The molecule has 1 aromatic rings. The van der Waals surface area contributed by atoms with Crippen molar-refractivity contribution in [2.45, 2.75) is 39.3 Å². The number of nitrogen functional groups attached to an aromatic ring is 1. The number of hydrogen-bond donors (Lipinski definition) is 3. The van der Waals surface area contributed by atoms with Crippen molar-refractivity contribution in [3.05, 3.63) is 11.4 Å². The van der Waals surface area contributed by atoms with Gasteiger partial charge >= 0.3 is 0 Å². The van der Waals surface area contributed by atoms with Gasteiger partial charge in [0.1, 0.15) is 0 Å². The Hall–Kier alpha value is -1.56. The summed E-state index contributed by atoms with van der Waals surface area (Å²) in [6, 6.07) is 0.0892. The Balaban J connectivity index is 2.04. The van der Waals surface area contributed by atoms with Crippen molar-refractivity contribution in [2.24, 2.45) is 5.41 Å². The van der Waals surface area contributed by atoms with Gasteiger partial charge in [-0.2, -0.15) is 5.10 Å². The first-order valence-corrected chi connectivity index (χ1v) is 6.02. The van der Waals surface area contributed by atoms with Crippen molar-refractivity contribution in [3.63, 3.8) is 0 Å². The van der Waals surface area contributed by atoms with Gasteiger partial charge in [-0.1, -0.05) is 13.8 Å². The lowest BCUT2D eigenvalue weighted by molar-refractivity contribution is -0.0942. The standard InChI is InChI=1S/C12H20N4O2/c1-6-9(13)10(16-15-6)11(17)14-7-5-8(18-4)12(7,2)3/h7-8H,5,13H2,1-4H3,(H,14,17)(H,15,16). The van der Waals surface area contributed by atoms with Gasteiger partial charge in [-0.05, 0) is 13.3 Å². The van der Waals surface area contributed by atoms with Gasteiger partial charge in [0.2, 0.25) is 0 Å². The fourth-order valence-corrected chi connectivity index (χ4v) is 2.37. The topological polar surface area (TPSA) is 93.0 Å². The highest BCUT2D eigenvalue weighted by atomic mass is 16.5. The number of methoxy groups -OCH3 is 1. The molecule has 1 amide bonds. The van der Waals surface area contributed by atoms with Gasteiger partial charge in [-0.15, -0.1) is 0 Å². The van der Waals surface area contributed by atoms with E-state index in [4.69, 9.17) is 10.5 Å². The van der Waals surface area contributed by atoms with E-state index in [1.165, 1.54) is 0 Å². The van der Waals surface area contributed by atoms with E-state index < -0.39 is 0 Å². The first-order valence-electron chi connectivity index (χ1n) is 6.02. The van der Waals surface area contributed by atoms with E-state index in [1.54, 1.807) is 14.0 Å². The van der Waals surface area contributed by atoms with Crippen LogP contribution in [-0.2, 0) is 4.74 Å². The molecule has 100 valence electrons. The van der Waals surface area contributed by atoms with Gasteiger partial charge in [-0.3, -0.25) is 9.89 Å². The first kappa shape index (κ1) is 12.9. The Labute approximate surface area is 106 Å². The van der Waals surface area contributed by atoms with E-state index in [0.29, 0.717) is 11.4 Å². The number of anilines is 1. The lowest BCUT2D eigenvalue weighted by Gasteiger charge is -2.51. The second kappa shape index (κ2) is 4.28. The van der Waals surface area contributed by atoms with Crippen molar-refractivity contribution in [1.29, 1.82) is 0 Å². The zero-order chi connectivity index (χ0) is 13.5. The molecule has 0 spiro atoms. The van der Waals surface area contributed by atoms with Crippen LogP contribution in [-0.4, -0.2) is 35.4 Å². The average Bonchev–Trinajstić information content (AvgIpc) is 2.64. The van der Waals surface area contributed by atoms with Crippen LogP contribution >= 0.6 is 0 Å². The van der Waals surface area contributed by atoms with E-state index in [2.05, 4.69) is 29.4 Å². The Morgan fingerprint density at radius 2 is 2.28 bits per heavy atom. The predicted octanol–water partition coefficient (Wildman–Crippen LogP) is 0.844. The number of aromatic nitrogens is 2. The minimum Gasteiger partial charge on any atom is -0.395 e. The number of nitrogens with zero attached hydrogens (tertiary/aromatic N) is 1. The molecule has 1 aliphatic carbocycles. The second-order valence-corrected chi connectivity index (χ2v) is 5.42. The smallest absolute Gasteiger partial charge is 0.274 e. The third-order valence-electron chi connectivity index (χ3n) is 3.98. The largest absolute Gasteiger partial charge is 0.395 e. The van der Waals surface area contributed by atoms with Crippen LogP contribution in [0.1, 0.15) is 36.5 Å². The summed E-state index contributed by atoms with van der Waals surface area (Å²) in [6.07, 6.45) is 1.000. The maximum Gasteiger partial charge on any atom is 0.274 e. The molecule has 6 nitrogen and oxygen atoms in total. The van der Waals surface area contributed by atoms with Crippen LogP contribution in [0, 0.1) is 12.3 Å². The summed E-state index contributed by atoms with van der Waals surface area (Å²) >= 11 is 0. The molecule has 1 aliphatic rings. The summed E-state index contributed by atoms with van der Waals surface area (Å²) in [5, 5.41) is 9.59. The van der Waals surface area contributed by atoms with Crippen LogP contribution in [0.2, 0.25) is 0 Å². The third-order valence-corrected chi connectivity index (χ3v) is 3.98. The zero-order valence-electron chi connectivity index (χ0n) is 11.2. The van der Waals surface area contributed by atoms with Crippen LogP contribution < -0.4 is 11.1 Å². The number of rotatable bonds is 3. The van der Waals surface area contributed by atoms with E-state index in [9.17, 15) is 4.79 Å². The Morgan fingerprint density at radius 3 is 2.72 bits per heavy atom. The first-order chi connectivity index (χ1) is 8.37. The number of nitrogens with two attached hydrogens (primary N) is 1. The minimum atomic E-state index is -0.232. The number of nitrogens with one attached hydrogen (secondary N) is 2. The van der Waals surface area contributed by atoms with Crippen LogP contribution in [0.3, 0.4) is 0 Å². The van der Waals surface area contributed by atoms with Gasteiger partial charge in [0.25, 0.3) is 5.91 Å². The van der Waals surface area contributed by atoms with Gasteiger partial charge in [0, 0.05) is 18.6 Å². The molecule has 0 saturated heterocycles. The van der Waals surface area contributed by atoms with Crippen molar-refractivity contribution in [3.8, 4) is 0 Å². The molecule has 2 rings (SSSR count). The molecular formula is C12H20N4O2. The quantitative estimate of drug-likeness (QED) is 0.743. The van der Waals surface area contributed by atoms with Crippen molar-refractivity contribution in [1.82, 2.24) is 15.5 Å². The lowest BCUT2D eigenvalue weighted by Crippen LogP contribution is -2.61. The fourth-order valence-electron chi connectivity index (χ4n) is 2.37. The predicted molar refractivity (Wildman–Crippen MR) is 68.2 cm³/mol. The van der Waals surface area contributed by atoms with E-state index in [0.717, 1.165) is 6.42 Å². The third kappa shape index (κ3) is 1.86. The number of aromatic amines is 1. The maximum absolute atomic E-state index is 12.1. The highest BCUT2D eigenvalue weighted by Gasteiger charge is 2.49. The van der Waals surface area contributed by atoms with Gasteiger partial charge in [-0.25, -0.2) is 0 Å². The summed E-state index contributed by atoms with van der Waals surface area (Å²) in [6.45, 7) is 5.94. The van der Waals surface area contributed by atoms with Crippen molar-refractivity contribution < 1.29 is 9.53 Å². The monoisotopic (exact) mass is 252 g/mol. The molecule has 1 saturated carbocycles. The summed E-state index contributed by atoms with van der Waals surface area (Å²) in [5.41, 5.74) is 7.10. The van der Waals surface area contributed by atoms with Gasteiger partial charge < -0.3 is 15.8 Å². The molecule has 1 heterocycles. The summed E-state index contributed by atoms with van der Waals surface area (Å²) in [4.78, 5) is 12.1. The summed E-state index contributed by atoms with van der Waals surface area (Å²) in [5.74, 6) is -0.232. The highest BCUT2D eigenvalue weighted by molar-refractivity contribution is 5.97. The molecule has 0 aromatic carbocycles. The summed E-state index contributed by atoms with van der Waals surface area (Å²) in [7, 11) is 1.69. The Morgan fingerprint density at radius 1 is 1.61 bits per heavy atom. The van der Waals surface area contributed by atoms with Crippen LogP contribution in [0.25, 0.3) is 0 Å². The second-order valence-electron chi connectivity index (χ2n) is 5.42. The summed E-state index contributed by atoms with van der Waals surface area (Å²) < 4.78 is 5.35. The molecule has 0 aliphatic heterocycles. The molecule has 2 unspecified atom stereocenters. The number of carbonyl (C=O) groups is 1.